The number of methoxy groups -OCH3 is 1. The van der Waals surface area contributed by atoms with Gasteiger partial charge in [-0.25, -0.2) is 4.98 Å². The van der Waals surface area contributed by atoms with E-state index in [9.17, 15) is 0 Å². The van der Waals surface area contributed by atoms with Gasteiger partial charge in [0.2, 0.25) is 0 Å². The third-order valence-electron chi connectivity index (χ3n) is 3.23. The lowest BCUT2D eigenvalue weighted by molar-refractivity contribution is 0.413. The molecule has 0 amide bonds. The molecule has 0 aliphatic carbocycles. The number of nitrogens with one attached hydrogen (secondary N) is 1. The van der Waals surface area contributed by atoms with Gasteiger partial charge >= 0.3 is 0 Å². The van der Waals surface area contributed by atoms with Crippen LogP contribution in [0.15, 0.2) is 24.7 Å². The molecule has 0 aliphatic rings. The first-order chi connectivity index (χ1) is 10.2. The first-order valence-corrected chi connectivity index (χ1v) is 7.44. The third-order valence-corrected chi connectivity index (χ3v) is 3.23. The fourth-order valence-corrected chi connectivity index (χ4v) is 2.23. The van der Waals surface area contributed by atoms with Crippen LogP contribution >= 0.6 is 0 Å². The normalized spacial score (nSPS) is 10.8. The van der Waals surface area contributed by atoms with E-state index in [1.165, 1.54) is 0 Å². The number of pyridine rings is 1. The van der Waals surface area contributed by atoms with Gasteiger partial charge in [-0.3, -0.25) is 4.98 Å². The molecule has 2 rings (SSSR count). The van der Waals surface area contributed by atoms with Gasteiger partial charge < -0.3 is 14.6 Å². The minimum absolute atomic E-state index is 0.716. The van der Waals surface area contributed by atoms with Crippen LogP contribution in [0.1, 0.15) is 30.4 Å². The average molecular weight is 288 g/mol. The lowest BCUT2D eigenvalue weighted by Crippen LogP contribution is -2.17. The number of imidazole rings is 1. The van der Waals surface area contributed by atoms with Gasteiger partial charge in [0.1, 0.15) is 5.75 Å². The van der Waals surface area contributed by atoms with E-state index in [2.05, 4.69) is 33.0 Å². The number of nitrogens with zero attached hydrogens (tertiary/aromatic N) is 3. The van der Waals surface area contributed by atoms with Crippen molar-refractivity contribution in [1.29, 1.82) is 0 Å². The van der Waals surface area contributed by atoms with Crippen molar-refractivity contribution < 1.29 is 4.74 Å². The van der Waals surface area contributed by atoms with Crippen LogP contribution in [0, 0.1) is 6.92 Å². The van der Waals surface area contributed by atoms with E-state index in [1.807, 2.05) is 25.4 Å². The molecule has 0 saturated carbocycles. The number of hydrogen-bond acceptors (Lipinski definition) is 4. The number of rotatable bonds is 8. The third kappa shape index (κ3) is 4.86. The number of aryl methyl sites for hydroxylation is 1. The Bertz CT molecular complexity index is 565. The Morgan fingerprint density at radius 3 is 2.86 bits per heavy atom. The van der Waals surface area contributed by atoms with Crippen molar-refractivity contribution in [3.8, 4) is 5.75 Å². The molecule has 2 heterocycles. The Balaban J connectivity index is 1.94. The van der Waals surface area contributed by atoms with Gasteiger partial charge in [-0.05, 0) is 19.9 Å². The first-order valence-electron chi connectivity index (χ1n) is 7.44. The fraction of sp³-hybridized carbons (Fsp3) is 0.500. The van der Waals surface area contributed by atoms with E-state index < -0.39 is 0 Å². The van der Waals surface area contributed by atoms with Crippen molar-refractivity contribution in [2.45, 2.75) is 33.2 Å². The summed E-state index contributed by atoms with van der Waals surface area (Å²) in [7, 11) is 1.68. The van der Waals surface area contributed by atoms with Crippen LogP contribution in [-0.2, 0) is 13.0 Å². The van der Waals surface area contributed by atoms with Crippen molar-refractivity contribution in [1.82, 2.24) is 19.9 Å². The molecule has 0 bridgehead atoms. The molecule has 0 radical (unpaired) electrons. The summed E-state index contributed by atoms with van der Waals surface area (Å²) >= 11 is 0. The second-order valence-corrected chi connectivity index (χ2v) is 5.18. The first kappa shape index (κ1) is 15.5. The van der Waals surface area contributed by atoms with Crippen LogP contribution in [-0.4, -0.2) is 34.7 Å². The second-order valence-electron chi connectivity index (χ2n) is 5.18. The van der Waals surface area contributed by atoms with Crippen LogP contribution in [0.5, 0.6) is 5.75 Å². The minimum Gasteiger partial charge on any atom is -0.497 e. The Labute approximate surface area is 126 Å². The zero-order chi connectivity index (χ0) is 15.1. The zero-order valence-electron chi connectivity index (χ0n) is 13.1. The van der Waals surface area contributed by atoms with Crippen LogP contribution in [0.25, 0.3) is 0 Å². The van der Waals surface area contributed by atoms with E-state index in [0.717, 1.165) is 48.8 Å². The Hall–Kier alpha value is -1.88. The van der Waals surface area contributed by atoms with E-state index >= 15 is 0 Å². The number of aromatic nitrogens is 3. The van der Waals surface area contributed by atoms with E-state index in [4.69, 9.17) is 4.74 Å². The van der Waals surface area contributed by atoms with Gasteiger partial charge in [-0.15, -0.1) is 0 Å². The maximum Gasteiger partial charge on any atom is 0.122 e. The molecule has 0 unspecified atom stereocenters. The summed E-state index contributed by atoms with van der Waals surface area (Å²) in [5, 5.41) is 3.39. The standard InChI is InChI=1S/C16H24N4O/c1-4-6-17-7-5-14-10-20(12-18-14)11-15-9-16(21-3)8-13(2)19-15/h8-10,12,17H,4-7,11H2,1-3H3. The van der Waals surface area contributed by atoms with E-state index in [-0.39, 0.29) is 0 Å². The van der Waals surface area contributed by atoms with Gasteiger partial charge in [-0.2, -0.15) is 0 Å². The highest BCUT2D eigenvalue weighted by Gasteiger charge is 2.03. The number of ether oxygens (including phenoxy) is 1. The molecule has 1 N–H and O–H groups in total. The molecule has 0 aromatic carbocycles. The predicted molar refractivity (Wildman–Crippen MR) is 83.7 cm³/mol. The predicted octanol–water partition coefficient (Wildman–Crippen LogP) is 2.19. The topological polar surface area (TPSA) is 52.0 Å². The SMILES string of the molecule is CCCNCCc1cn(Cc2cc(OC)cc(C)n2)cn1. The molecular weight excluding hydrogens is 264 g/mol. The number of hydrogen-bond donors (Lipinski definition) is 1. The minimum atomic E-state index is 0.716. The van der Waals surface area contributed by atoms with Gasteiger partial charge in [0.05, 0.1) is 31.4 Å². The van der Waals surface area contributed by atoms with Gasteiger partial charge in [0.15, 0.2) is 0 Å². The van der Waals surface area contributed by atoms with Crippen LogP contribution < -0.4 is 10.1 Å². The van der Waals surface area contributed by atoms with Crippen molar-refractivity contribution in [3.05, 3.63) is 41.7 Å². The maximum atomic E-state index is 5.28. The van der Waals surface area contributed by atoms with Crippen LogP contribution in [0.4, 0.5) is 0 Å². The molecule has 5 nitrogen and oxygen atoms in total. The van der Waals surface area contributed by atoms with Crippen molar-refractivity contribution in [2.24, 2.45) is 0 Å². The average Bonchev–Trinajstić information content (AvgIpc) is 2.90. The van der Waals surface area contributed by atoms with Crippen molar-refractivity contribution in [2.75, 3.05) is 20.2 Å². The Kier molecular flexibility index (Phi) is 5.75. The largest absolute Gasteiger partial charge is 0.497 e. The van der Waals surface area contributed by atoms with Gasteiger partial charge in [-0.1, -0.05) is 6.92 Å². The van der Waals surface area contributed by atoms with E-state index in [1.54, 1.807) is 7.11 Å². The van der Waals surface area contributed by atoms with E-state index in [0.29, 0.717) is 6.54 Å². The van der Waals surface area contributed by atoms with Crippen molar-refractivity contribution >= 4 is 0 Å². The lowest BCUT2D eigenvalue weighted by Gasteiger charge is -2.06. The van der Waals surface area contributed by atoms with Crippen LogP contribution in [0.2, 0.25) is 0 Å². The fourth-order valence-electron chi connectivity index (χ4n) is 2.23. The summed E-state index contributed by atoms with van der Waals surface area (Å²) in [6.45, 7) is 6.90. The molecule has 0 fully saturated rings. The summed E-state index contributed by atoms with van der Waals surface area (Å²) in [6.07, 6.45) is 6.07. The summed E-state index contributed by atoms with van der Waals surface area (Å²) < 4.78 is 7.35. The summed E-state index contributed by atoms with van der Waals surface area (Å²) in [4.78, 5) is 8.97. The zero-order valence-corrected chi connectivity index (χ0v) is 13.1. The monoisotopic (exact) mass is 288 g/mol. The maximum absolute atomic E-state index is 5.28. The molecule has 0 saturated heterocycles. The molecule has 5 heteroatoms. The molecule has 114 valence electrons. The molecule has 2 aromatic rings. The lowest BCUT2D eigenvalue weighted by atomic mass is 10.3. The van der Waals surface area contributed by atoms with Crippen molar-refractivity contribution in [3.63, 3.8) is 0 Å². The molecule has 0 atom stereocenters. The second kappa shape index (κ2) is 7.78. The van der Waals surface area contributed by atoms with Crippen LogP contribution in [0.3, 0.4) is 0 Å². The molecule has 21 heavy (non-hydrogen) atoms. The highest BCUT2D eigenvalue weighted by Crippen LogP contribution is 2.14. The summed E-state index contributed by atoms with van der Waals surface area (Å²) in [5.74, 6) is 0.849. The smallest absolute Gasteiger partial charge is 0.122 e. The summed E-state index contributed by atoms with van der Waals surface area (Å²) in [5.41, 5.74) is 3.06. The van der Waals surface area contributed by atoms with Gasteiger partial charge in [0, 0.05) is 37.0 Å². The molecular formula is C16H24N4O. The highest BCUT2D eigenvalue weighted by atomic mass is 16.5. The molecule has 2 aromatic heterocycles. The molecule has 0 aliphatic heterocycles. The Morgan fingerprint density at radius 2 is 2.10 bits per heavy atom. The molecule has 0 spiro atoms. The Morgan fingerprint density at radius 1 is 1.24 bits per heavy atom. The highest BCUT2D eigenvalue weighted by molar-refractivity contribution is 5.26. The summed E-state index contributed by atoms with van der Waals surface area (Å²) in [6, 6.07) is 3.90. The van der Waals surface area contributed by atoms with Gasteiger partial charge in [0.25, 0.3) is 0 Å². The quantitative estimate of drug-likeness (QED) is 0.757.